The van der Waals surface area contributed by atoms with E-state index in [-0.39, 0.29) is 12.2 Å². The van der Waals surface area contributed by atoms with Crippen molar-refractivity contribution in [2.24, 2.45) is 5.41 Å². The quantitative estimate of drug-likeness (QED) is 0.772. The molecule has 106 valence electrons. The zero-order valence-electron chi connectivity index (χ0n) is 12.1. The molecule has 2 aliphatic heterocycles. The summed E-state index contributed by atoms with van der Waals surface area (Å²) in [6, 6.07) is 0. The molecule has 1 N–H and O–H groups in total. The van der Waals surface area contributed by atoms with Crippen LogP contribution in [-0.2, 0) is 9.47 Å². The summed E-state index contributed by atoms with van der Waals surface area (Å²) in [5, 5.41) is 3.53. The minimum Gasteiger partial charge on any atom is -0.377 e. The molecule has 2 aliphatic rings. The first-order valence-corrected chi connectivity index (χ1v) is 7.21. The van der Waals surface area contributed by atoms with E-state index in [4.69, 9.17) is 9.47 Å². The summed E-state index contributed by atoms with van der Waals surface area (Å²) in [6.45, 7) is 7.86. The minimum absolute atomic E-state index is 0.239. The molecule has 0 aliphatic carbocycles. The molecular formula is C14H28N2O2. The van der Waals surface area contributed by atoms with Gasteiger partial charge in [0.05, 0.1) is 12.2 Å². The summed E-state index contributed by atoms with van der Waals surface area (Å²) in [7, 11) is 3.58. The monoisotopic (exact) mass is 256 g/mol. The van der Waals surface area contributed by atoms with E-state index in [9.17, 15) is 0 Å². The van der Waals surface area contributed by atoms with Crippen LogP contribution in [0.4, 0.5) is 0 Å². The Hall–Kier alpha value is -0.160. The number of hydrogen-bond acceptors (Lipinski definition) is 4. The molecule has 0 spiro atoms. The first-order valence-electron chi connectivity index (χ1n) is 7.21. The van der Waals surface area contributed by atoms with Crippen LogP contribution in [0.15, 0.2) is 0 Å². The maximum absolute atomic E-state index is 5.52. The predicted octanol–water partition coefficient (Wildman–Crippen LogP) is 1.11. The fourth-order valence-corrected chi connectivity index (χ4v) is 3.63. The maximum atomic E-state index is 5.52. The largest absolute Gasteiger partial charge is 0.377 e. The van der Waals surface area contributed by atoms with Crippen molar-refractivity contribution in [2.45, 2.75) is 38.4 Å². The minimum atomic E-state index is 0.239. The van der Waals surface area contributed by atoms with Crippen molar-refractivity contribution in [2.75, 3.05) is 46.9 Å². The third kappa shape index (κ3) is 3.05. The van der Waals surface area contributed by atoms with Crippen LogP contribution in [0, 0.1) is 5.41 Å². The van der Waals surface area contributed by atoms with Crippen molar-refractivity contribution in [3.05, 3.63) is 0 Å². The Morgan fingerprint density at radius 1 is 1.22 bits per heavy atom. The molecule has 0 aromatic rings. The lowest BCUT2D eigenvalue weighted by Crippen LogP contribution is -2.39. The molecule has 3 atom stereocenters. The van der Waals surface area contributed by atoms with E-state index in [0.29, 0.717) is 5.41 Å². The van der Waals surface area contributed by atoms with Gasteiger partial charge in [0.25, 0.3) is 0 Å². The molecule has 18 heavy (non-hydrogen) atoms. The molecule has 2 heterocycles. The van der Waals surface area contributed by atoms with Crippen LogP contribution >= 0.6 is 0 Å². The zero-order chi connectivity index (χ0) is 13.0. The highest BCUT2D eigenvalue weighted by atomic mass is 16.5. The highest BCUT2D eigenvalue weighted by Gasteiger charge is 2.39. The summed E-state index contributed by atoms with van der Waals surface area (Å²) < 4.78 is 11.0. The molecule has 4 nitrogen and oxygen atoms in total. The number of nitrogens with zero attached hydrogens (tertiary/aromatic N) is 1. The third-order valence-electron chi connectivity index (χ3n) is 4.57. The van der Waals surface area contributed by atoms with Crippen LogP contribution in [0.3, 0.4) is 0 Å². The van der Waals surface area contributed by atoms with Crippen molar-refractivity contribution >= 4 is 0 Å². The van der Waals surface area contributed by atoms with Gasteiger partial charge < -0.3 is 14.8 Å². The fourth-order valence-electron chi connectivity index (χ4n) is 3.63. The van der Waals surface area contributed by atoms with Gasteiger partial charge in [0.15, 0.2) is 0 Å². The van der Waals surface area contributed by atoms with Crippen LogP contribution in [-0.4, -0.2) is 64.1 Å². The highest BCUT2D eigenvalue weighted by molar-refractivity contribution is 4.94. The van der Waals surface area contributed by atoms with Crippen LogP contribution in [0.5, 0.6) is 0 Å². The number of rotatable bonds is 6. The SMILES string of the molecule is CCCC1(CN2CC(OC)C(OC)C2)CCNC1. The van der Waals surface area contributed by atoms with Crippen molar-refractivity contribution in [3.63, 3.8) is 0 Å². The van der Waals surface area contributed by atoms with E-state index in [0.717, 1.165) is 13.1 Å². The lowest BCUT2D eigenvalue weighted by molar-refractivity contribution is -0.00461. The molecule has 2 fully saturated rings. The number of ether oxygens (including phenoxy) is 2. The Bertz CT molecular complexity index is 242. The molecule has 0 radical (unpaired) electrons. The van der Waals surface area contributed by atoms with E-state index in [1.165, 1.54) is 38.9 Å². The lowest BCUT2D eigenvalue weighted by atomic mass is 9.82. The van der Waals surface area contributed by atoms with Gasteiger partial charge in [-0.05, 0) is 24.8 Å². The van der Waals surface area contributed by atoms with E-state index in [1.807, 2.05) is 0 Å². The van der Waals surface area contributed by atoms with Gasteiger partial charge in [-0.25, -0.2) is 0 Å². The van der Waals surface area contributed by atoms with E-state index >= 15 is 0 Å². The van der Waals surface area contributed by atoms with Gasteiger partial charge >= 0.3 is 0 Å². The second kappa shape index (κ2) is 6.33. The smallest absolute Gasteiger partial charge is 0.0971 e. The van der Waals surface area contributed by atoms with Gasteiger partial charge in [0.2, 0.25) is 0 Å². The molecule has 0 bridgehead atoms. The second-order valence-corrected chi connectivity index (χ2v) is 5.92. The van der Waals surface area contributed by atoms with Crippen molar-refractivity contribution in [3.8, 4) is 0 Å². The second-order valence-electron chi connectivity index (χ2n) is 5.92. The van der Waals surface area contributed by atoms with Crippen LogP contribution in [0.2, 0.25) is 0 Å². The van der Waals surface area contributed by atoms with E-state index in [2.05, 4.69) is 17.1 Å². The average Bonchev–Trinajstić information content (AvgIpc) is 2.97. The molecule has 0 saturated carbocycles. The van der Waals surface area contributed by atoms with Gasteiger partial charge in [-0.3, -0.25) is 4.90 Å². The maximum Gasteiger partial charge on any atom is 0.0971 e. The molecule has 2 rings (SSSR count). The third-order valence-corrected chi connectivity index (χ3v) is 4.57. The van der Waals surface area contributed by atoms with Gasteiger partial charge in [0, 0.05) is 40.4 Å². The van der Waals surface area contributed by atoms with Crippen molar-refractivity contribution in [1.29, 1.82) is 0 Å². The van der Waals surface area contributed by atoms with Gasteiger partial charge in [-0.15, -0.1) is 0 Å². The summed E-state index contributed by atoms with van der Waals surface area (Å²) in [4.78, 5) is 2.53. The van der Waals surface area contributed by atoms with Gasteiger partial charge in [0.1, 0.15) is 0 Å². The Balaban J connectivity index is 1.92. The molecule has 0 aromatic heterocycles. The van der Waals surface area contributed by atoms with E-state index < -0.39 is 0 Å². The van der Waals surface area contributed by atoms with Crippen LogP contribution in [0.25, 0.3) is 0 Å². The van der Waals surface area contributed by atoms with Crippen LogP contribution in [0.1, 0.15) is 26.2 Å². The first-order chi connectivity index (χ1) is 8.73. The molecule has 0 aromatic carbocycles. The predicted molar refractivity (Wildman–Crippen MR) is 72.9 cm³/mol. The molecular weight excluding hydrogens is 228 g/mol. The number of methoxy groups -OCH3 is 2. The normalized spacial score (nSPS) is 37.5. The summed E-state index contributed by atoms with van der Waals surface area (Å²) in [5.41, 5.74) is 0.482. The topological polar surface area (TPSA) is 33.7 Å². The Kier molecular flexibility index (Phi) is 5.01. The molecule has 4 heteroatoms. The van der Waals surface area contributed by atoms with Crippen molar-refractivity contribution < 1.29 is 9.47 Å². The molecule has 0 amide bonds. The van der Waals surface area contributed by atoms with Crippen molar-refractivity contribution in [1.82, 2.24) is 10.2 Å². The summed E-state index contributed by atoms with van der Waals surface area (Å²) in [6.07, 6.45) is 4.39. The Morgan fingerprint density at radius 2 is 1.89 bits per heavy atom. The number of hydrogen-bond donors (Lipinski definition) is 1. The Morgan fingerprint density at radius 3 is 2.33 bits per heavy atom. The zero-order valence-corrected chi connectivity index (χ0v) is 12.1. The summed E-state index contributed by atoms with van der Waals surface area (Å²) in [5.74, 6) is 0. The average molecular weight is 256 g/mol. The number of nitrogens with one attached hydrogen (secondary N) is 1. The highest BCUT2D eigenvalue weighted by Crippen LogP contribution is 2.33. The van der Waals surface area contributed by atoms with Gasteiger partial charge in [-0.2, -0.15) is 0 Å². The first kappa shape index (κ1) is 14.3. The standard InChI is InChI=1S/C14H28N2O2/c1-4-5-14(6-7-15-10-14)11-16-8-12(17-2)13(9-16)18-3/h12-13,15H,4-11H2,1-3H3. The van der Waals surface area contributed by atoms with Crippen LogP contribution < -0.4 is 5.32 Å². The summed E-state index contributed by atoms with van der Waals surface area (Å²) >= 11 is 0. The fraction of sp³-hybridized carbons (Fsp3) is 1.00. The lowest BCUT2D eigenvalue weighted by Gasteiger charge is -2.32. The van der Waals surface area contributed by atoms with Gasteiger partial charge in [-0.1, -0.05) is 13.3 Å². The molecule has 3 unspecified atom stereocenters. The number of likely N-dealkylation sites (tertiary alicyclic amines) is 1. The van der Waals surface area contributed by atoms with E-state index in [1.54, 1.807) is 14.2 Å². The molecule has 2 saturated heterocycles. The Labute approximate surface area is 111 Å².